The highest BCUT2D eigenvalue weighted by atomic mass is 32.1. The predicted octanol–water partition coefficient (Wildman–Crippen LogP) is 2.86. The Morgan fingerprint density at radius 1 is 1.41 bits per heavy atom. The fourth-order valence-electron chi connectivity index (χ4n) is 1.39. The molecule has 0 spiro atoms. The van der Waals surface area contributed by atoms with Gasteiger partial charge in [0, 0.05) is 23.2 Å². The predicted molar refractivity (Wildman–Crippen MR) is 69.6 cm³/mol. The molecule has 0 aliphatic carbocycles. The summed E-state index contributed by atoms with van der Waals surface area (Å²) >= 11 is 1.68. The molecule has 0 amide bonds. The molecule has 17 heavy (non-hydrogen) atoms. The fraction of sp³-hybridized carbons (Fsp3) is 0.333. The van der Waals surface area contributed by atoms with Gasteiger partial charge in [0.2, 0.25) is 11.8 Å². The van der Waals surface area contributed by atoms with Crippen molar-refractivity contribution in [1.29, 1.82) is 0 Å². The summed E-state index contributed by atoms with van der Waals surface area (Å²) < 4.78 is 5.64. The number of rotatable bonds is 5. The zero-order valence-corrected chi connectivity index (χ0v) is 10.8. The summed E-state index contributed by atoms with van der Waals surface area (Å²) in [5.41, 5.74) is 0.900. The van der Waals surface area contributed by atoms with Crippen LogP contribution in [0.3, 0.4) is 0 Å². The molecule has 4 nitrogen and oxygen atoms in total. The number of nitrogens with one attached hydrogen (secondary N) is 1. The van der Waals surface area contributed by atoms with Crippen LogP contribution in [0.1, 0.15) is 17.5 Å². The topological polar surface area (TPSA) is 47.0 Å². The van der Waals surface area contributed by atoms with Crippen molar-refractivity contribution in [1.82, 2.24) is 9.97 Å². The van der Waals surface area contributed by atoms with E-state index in [-0.39, 0.29) is 0 Å². The molecule has 0 saturated heterocycles. The van der Waals surface area contributed by atoms with Crippen molar-refractivity contribution in [2.24, 2.45) is 0 Å². The molecule has 0 radical (unpaired) electrons. The molecule has 0 saturated carbocycles. The number of aromatic nitrogens is 2. The third kappa shape index (κ3) is 3.42. The van der Waals surface area contributed by atoms with Crippen LogP contribution >= 0.6 is 11.3 Å². The molecule has 0 aliphatic heterocycles. The maximum atomic E-state index is 5.64. The molecular formula is C12H15N3OS. The molecule has 0 bridgehead atoms. The van der Waals surface area contributed by atoms with Gasteiger partial charge in [-0.25, -0.2) is 4.98 Å². The van der Waals surface area contributed by atoms with Gasteiger partial charge in [0.1, 0.15) is 6.61 Å². The first kappa shape index (κ1) is 11.9. The third-order valence-electron chi connectivity index (χ3n) is 2.11. The molecule has 0 aromatic carbocycles. The molecule has 2 aromatic rings. The lowest BCUT2D eigenvalue weighted by atomic mass is 10.4. The molecule has 1 N–H and O–H groups in total. The number of anilines is 1. The van der Waals surface area contributed by atoms with E-state index in [0.717, 1.165) is 12.2 Å². The maximum absolute atomic E-state index is 5.64. The van der Waals surface area contributed by atoms with E-state index in [1.54, 1.807) is 11.3 Å². The maximum Gasteiger partial charge on any atom is 0.226 e. The smallest absolute Gasteiger partial charge is 0.226 e. The largest absolute Gasteiger partial charge is 0.472 e. The first-order valence-electron chi connectivity index (χ1n) is 5.52. The lowest BCUT2D eigenvalue weighted by Gasteiger charge is -2.07. The van der Waals surface area contributed by atoms with Gasteiger partial charge in [0.15, 0.2) is 0 Å². The Hall–Kier alpha value is -1.62. The molecule has 2 aromatic heterocycles. The van der Waals surface area contributed by atoms with E-state index in [0.29, 0.717) is 18.4 Å². The van der Waals surface area contributed by atoms with Crippen LogP contribution in [0.2, 0.25) is 0 Å². The first-order valence-corrected chi connectivity index (χ1v) is 6.40. The van der Waals surface area contributed by atoms with Gasteiger partial charge in [-0.05, 0) is 25.3 Å². The van der Waals surface area contributed by atoms with Crippen LogP contribution in [0.25, 0.3) is 0 Å². The van der Waals surface area contributed by atoms with Crippen molar-refractivity contribution in [2.75, 3.05) is 11.9 Å². The van der Waals surface area contributed by atoms with E-state index in [1.807, 2.05) is 37.4 Å². The van der Waals surface area contributed by atoms with E-state index in [9.17, 15) is 0 Å². The average molecular weight is 249 g/mol. The summed E-state index contributed by atoms with van der Waals surface area (Å²) in [5.74, 6) is 1.23. The van der Waals surface area contributed by atoms with Crippen molar-refractivity contribution in [3.05, 3.63) is 34.2 Å². The van der Waals surface area contributed by atoms with Crippen molar-refractivity contribution in [3.8, 4) is 5.88 Å². The van der Waals surface area contributed by atoms with Gasteiger partial charge in [-0.15, -0.1) is 11.3 Å². The molecule has 0 atom stereocenters. The quantitative estimate of drug-likeness (QED) is 0.885. The number of thiophene rings is 1. The van der Waals surface area contributed by atoms with Crippen LogP contribution in [-0.2, 0) is 6.61 Å². The monoisotopic (exact) mass is 249 g/mol. The van der Waals surface area contributed by atoms with Crippen molar-refractivity contribution in [3.63, 3.8) is 0 Å². The second kappa shape index (κ2) is 5.63. The molecule has 2 heterocycles. The molecule has 5 heteroatoms. The summed E-state index contributed by atoms with van der Waals surface area (Å²) in [7, 11) is 0. The molecule has 0 unspecified atom stereocenters. The van der Waals surface area contributed by atoms with Gasteiger partial charge in [-0.2, -0.15) is 4.98 Å². The highest BCUT2D eigenvalue weighted by Crippen LogP contribution is 2.15. The second-order valence-corrected chi connectivity index (χ2v) is 4.60. The van der Waals surface area contributed by atoms with Crippen molar-refractivity contribution < 1.29 is 4.74 Å². The Morgan fingerprint density at radius 3 is 3.00 bits per heavy atom. The minimum atomic E-state index is 0.555. The minimum absolute atomic E-state index is 0.555. The number of nitrogens with zero attached hydrogens (tertiary/aromatic N) is 2. The molecule has 0 fully saturated rings. The van der Waals surface area contributed by atoms with E-state index >= 15 is 0 Å². The lowest BCUT2D eigenvalue weighted by Crippen LogP contribution is -2.05. The summed E-state index contributed by atoms with van der Waals surface area (Å²) in [4.78, 5) is 9.74. The number of hydrogen-bond donors (Lipinski definition) is 1. The normalized spacial score (nSPS) is 10.2. The van der Waals surface area contributed by atoms with Gasteiger partial charge in [0.25, 0.3) is 0 Å². The summed E-state index contributed by atoms with van der Waals surface area (Å²) in [6.45, 7) is 5.30. The van der Waals surface area contributed by atoms with Crippen LogP contribution in [0.15, 0.2) is 23.6 Å². The van der Waals surface area contributed by atoms with E-state index < -0.39 is 0 Å². The molecular weight excluding hydrogens is 234 g/mol. The van der Waals surface area contributed by atoms with Crippen LogP contribution in [-0.4, -0.2) is 16.5 Å². The van der Waals surface area contributed by atoms with Crippen LogP contribution in [0, 0.1) is 6.92 Å². The number of ether oxygens (including phenoxy) is 1. The van der Waals surface area contributed by atoms with Crippen LogP contribution < -0.4 is 10.1 Å². The Morgan fingerprint density at radius 2 is 2.29 bits per heavy atom. The summed E-state index contributed by atoms with van der Waals surface area (Å²) in [6, 6.07) is 5.90. The highest BCUT2D eigenvalue weighted by Gasteiger charge is 2.03. The zero-order valence-electron chi connectivity index (χ0n) is 9.93. The van der Waals surface area contributed by atoms with Gasteiger partial charge >= 0.3 is 0 Å². The van der Waals surface area contributed by atoms with Gasteiger partial charge in [-0.1, -0.05) is 6.07 Å². The van der Waals surface area contributed by atoms with Gasteiger partial charge in [-0.3, -0.25) is 0 Å². The van der Waals surface area contributed by atoms with Crippen LogP contribution in [0.4, 0.5) is 5.95 Å². The fourth-order valence-corrected chi connectivity index (χ4v) is 2.01. The Labute approximate surface area is 105 Å². The summed E-state index contributed by atoms with van der Waals surface area (Å²) in [6.07, 6.45) is 0. The van der Waals surface area contributed by atoms with E-state index in [1.165, 1.54) is 4.88 Å². The average Bonchev–Trinajstić information content (AvgIpc) is 2.79. The van der Waals surface area contributed by atoms with Gasteiger partial charge in [0.05, 0.1) is 0 Å². The number of hydrogen-bond acceptors (Lipinski definition) is 5. The van der Waals surface area contributed by atoms with E-state index in [4.69, 9.17) is 4.74 Å². The van der Waals surface area contributed by atoms with Crippen LogP contribution in [0.5, 0.6) is 5.88 Å². The Balaban J connectivity index is 2.04. The Bertz CT molecular complexity index is 471. The SMILES string of the molecule is CCNc1nc(C)cc(OCc2cccs2)n1. The second-order valence-electron chi connectivity index (χ2n) is 3.57. The first-order chi connectivity index (χ1) is 8.28. The van der Waals surface area contributed by atoms with Gasteiger partial charge < -0.3 is 10.1 Å². The molecule has 90 valence electrons. The minimum Gasteiger partial charge on any atom is -0.472 e. The third-order valence-corrected chi connectivity index (χ3v) is 2.96. The Kier molecular flexibility index (Phi) is 3.93. The zero-order chi connectivity index (χ0) is 12.1. The highest BCUT2D eigenvalue weighted by molar-refractivity contribution is 7.09. The molecule has 2 rings (SSSR count). The van der Waals surface area contributed by atoms with Crippen molar-refractivity contribution in [2.45, 2.75) is 20.5 Å². The number of aryl methyl sites for hydroxylation is 1. The standard InChI is InChI=1S/C12H15N3OS/c1-3-13-12-14-9(2)7-11(15-12)16-8-10-5-4-6-17-10/h4-7H,3,8H2,1-2H3,(H,13,14,15). The summed E-state index contributed by atoms with van der Waals surface area (Å²) in [5, 5.41) is 5.12. The van der Waals surface area contributed by atoms with E-state index in [2.05, 4.69) is 15.3 Å². The lowest BCUT2D eigenvalue weighted by molar-refractivity contribution is 0.297. The van der Waals surface area contributed by atoms with Crippen molar-refractivity contribution >= 4 is 17.3 Å². The molecule has 0 aliphatic rings.